The molecule has 0 saturated heterocycles. The lowest BCUT2D eigenvalue weighted by atomic mass is 10.1. The molecule has 0 unspecified atom stereocenters. The predicted molar refractivity (Wildman–Crippen MR) is 74.7 cm³/mol. The summed E-state index contributed by atoms with van der Waals surface area (Å²) in [7, 11) is 1.27. The van der Waals surface area contributed by atoms with Crippen LogP contribution in [0, 0.1) is 0 Å². The van der Waals surface area contributed by atoms with Crippen LogP contribution in [0.4, 0.5) is 0 Å². The zero-order valence-electron chi connectivity index (χ0n) is 10.9. The van der Waals surface area contributed by atoms with Gasteiger partial charge in [-0.3, -0.25) is 9.59 Å². The van der Waals surface area contributed by atoms with E-state index in [1.54, 1.807) is 32.0 Å². The maximum absolute atomic E-state index is 12.4. The van der Waals surface area contributed by atoms with Crippen LogP contribution in [0.25, 0.3) is 0 Å². The first kappa shape index (κ1) is 15.8. The minimum absolute atomic E-state index is 0.144. The molecule has 19 heavy (non-hydrogen) atoms. The number of carbonyl (C=O) groups is 2. The summed E-state index contributed by atoms with van der Waals surface area (Å²) in [5, 5.41) is 0.515. The fourth-order valence-electron chi connectivity index (χ4n) is 1.54. The van der Waals surface area contributed by atoms with Crippen molar-refractivity contribution >= 4 is 35.1 Å². The molecule has 0 atom stereocenters. The van der Waals surface area contributed by atoms with Crippen LogP contribution in [0.1, 0.15) is 24.2 Å². The molecule has 0 aliphatic rings. The Kier molecular flexibility index (Phi) is 5.63. The minimum atomic E-state index is -0.495. The van der Waals surface area contributed by atoms with Gasteiger partial charge in [-0.25, -0.2) is 0 Å². The molecule has 1 aromatic rings. The second-order valence-corrected chi connectivity index (χ2v) is 5.01. The lowest BCUT2D eigenvalue weighted by Gasteiger charge is -2.26. The van der Waals surface area contributed by atoms with Crippen molar-refractivity contribution in [3.63, 3.8) is 0 Å². The standard InChI is InChI=1S/C13H15Cl2NO3/c1-8(2)16(7-11(17)19-3)13(18)12-9(14)5-4-6-10(12)15/h4-6,8H,7H2,1-3H3. The molecule has 0 fully saturated rings. The third-order valence-corrected chi connectivity index (χ3v) is 3.22. The third-order valence-electron chi connectivity index (χ3n) is 2.59. The van der Waals surface area contributed by atoms with Gasteiger partial charge < -0.3 is 9.64 Å². The van der Waals surface area contributed by atoms with Gasteiger partial charge in [0.25, 0.3) is 5.91 Å². The number of esters is 1. The third kappa shape index (κ3) is 3.85. The van der Waals surface area contributed by atoms with Crippen LogP contribution in [-0.4, -0.2) is 36.5 Å². The Hall–Kier alpha value is -1.26. The van der Waals surface area contributed by atoms with Crippen molar-refractivity contribution in [1.82, 2.24) is 4.90 Å². The first-order valence-corrected chi connectivity index (χ1v) is 6.45. The number of amides is 1. The molecule has 4 nitrogen and oxygen atoms in total. The molecule has 0 saturated carbocycles. The number of benzene rings is 1. The topological polar surface area (TPSA) is 46.6 Å². The first-order chi connectivity index (χ1) is 8.88. The van der Waals surface area contributed by atoms with Crippen LogP contribution in [0.2, 0.25) is 10.0 Å². The summed E-state index contributed by atoms with van der Waals surface area (Å²) in [4.78, 5) is 25.1. The van der Waals surface area contributed by atoms with E-state index in [4.69, 9.17) is 23.2 Å². The molecule has 1 amide bonds. The number of methoxy groups -OCH3 is 1. The van der Waals surface area contributed by atoms with Crippen LogP contribution in [0.15, 0.2) is 18.2 Å². The highest BCUT2D eigenvalue weighted by atomic mass is 35.5. The highest BCUT2D eigenvalue weighted by Gasteiger charge is 2.25. The van der Waals surface area contributed by atoms with E-state index in [0.29, 0.717) is 0 Å². The second-order valence-electron chi connectivity index (χ2n) is 4.20. The van der Waals surface area contributed by atoms with Gasteiger partial charge in [0.05, 0.1) is 22.7 Å². The van der Waals surface area contributed by atoms with E-state index in [9.17, 15) is 9.59 Å². The van der Waals surface area contributed by atoms with Crippen molar-refractivity contribution in [2.45, 2.75) is 19.9 Å². The van der Waals surface area contributed by atoms with Crippen molar-refractivity contribution in [2.24, 2.45) is 0 Å². The zero-order valence-corrected chi connectivity index (χ0v) is 12.5. The number of carbonyl (C=O) groups excluding carboxylic acids is 2. The summed E-state index contributed by atoms with van der Waals surface area (Å²) in [6.45, 7) is 3.45. The molecule has 0 heterocycles. The molecule has 1 aromatic carbocycles. The zero-order chi connectivity index (χ0) is 14.6. The maximum Gasteiger partial charge on any atom is 0.325 e. The molecule has 104 valence electrons. The van der Waals surface area contributed by atoms with Crippen LogP contribution >= 0.6 is 23.2 Å². The monoisotopic (exact) mass is 303 g/mol. The average molecular weight is 304 g/mol. The first-order valence-electron chi connectivity index (χ1n) is 5.70. The van der Waals surface area contributed by atoms with Crippen molar-refractivity contribution < 1.29 is 14.3 Å². The molecular weight excluding hydrogens is 289 g/mol. The lowest BCUT2D eigenvalue weighted by molar-refractivity contribution is -0.141. The molecule has 0 N–H and O–H groups in total. The maximum atomic E-state index is 12.4. The Morgan fingerprint density at radius 2 is 1.79 bits per heavy atom. The average Bonchev–Trinajstić information content (AvgIpc) is 2.34. The van der Waals surface area contributed by atoms with E-state index in [2.05, 4.69) is 4.74 Å². The summed E-state index contributed by atoms with van der Waals surface area (Å²) in [5.41, 5.74) is 0.198. The van der Waals surface area contributed by atoms with Crippen molar-refractivity contribution in [3.8, 4) is 0 Å². The second kappa shape index (κ2) is 6.78. The highest BCUT2D eigenvalue weighted by Crippen LogP contribution is 2.26. The predicted octanol–water partition coefficient (Wildman–Crippen LogP) is 3.02. The Morgan fingerprint density at radius 1 is 1.26 bits per heavy atom. The van der Waals surface area contributed by atoms with E-state index in [0.717, 1.165) is 0 Å². The van der Waals surface area contributed by atoms with Crippen molar-refractivity contribution in [2.75, 3.05) is 13.7 Å². The Bertz CT molecular complexity index is 469. The summed E-state index contributed by atoms with van der Waals surface area (Å²) in [6, 6.07) is 4.63. The van der Waals surface area contributed by atoms with Gasteiger partial charge in [-0.2, -0.15) is 0 Å². The Labute approximate surface area is 122 Å². The van der Waals surface area contributed by atoms with Gasteiger partial charge in [0, 0.05) is 6.04 Å². The Morgan fingerprint density at radius 3 is 2.21 bits per heavy atom. The summed E-state index contributed by atoms with van der Waals surface area (Å²) < 4.78 is 4.58. The summed E-state index contributed by atoms with van der Waals surface area (Å²) in [6.07, 6.45) is 0. The molecule has 1 rings (SSSR count). The number of hydrogen-bond donors (Lipinski definition) is 0. The van der Waals surface area contributed by atoms with Gasteiger partial charge in [-0.1, -0.05) is 29.3 Å². The number of halogens is 2. The van der Waals surface area contributed by atoms with Gasteiger partial charge in [-0.05, 0) is 26.0 Å². The van der Waals surface area contributed by atoms with Gasteiger partial charge in [0.15, 0.2) is 0 Å². The molecule has 0 aliphatic carbocycles. The molecule has 0 aromatic heterocycles. The van der Waals surface area contributed by atoms with E-state index in [1.165, 1.54) is 12.0 Å². The van der Waals surface area contributed by atoms with Gasteiger partial charge in [0.2, 0.25) is 0 Å². The van der Waals surface area contributed by atoms with Crippen molar-refractivity contribution in [1.29, 1.82) is 0 Å². The Balaban J connectivity index is 3.10. The normalized spacial score (nSPS) is 10.4. The summed E-state index contributed by atoms with van der Waals surface area (Å²) in [5.74, 6) is -0.888. The lowest BCUT2D eigenvalue weighted by Crippen LogP contribution is -2.41. The van der Waals surface area contributed by atoms with Crippen LogP contribution in [-0.2, 0) is 9.53 Å². The number of ether oxygens (including phenoxy) is 1. The summed E-state index contributed by atoms with van der Waals surface area (Å²) >= 11 is 12.0. The molecule has 6 heteroatoms. The minimum Gasteiger partial charge on any atom is -0.468 e. The van der Waals surface area contributed by atoms with Crippen LogP contribution in [0.5, 0.6) is 0 Å². The number of rotatable bonds is 4. The molecular formula is C13H15Cl2NO3. The smallest absolute Gasteiger partial charge is 0.325 e. The number of hydrogen-bond acceptors (Lipinski definition) is 3. The van der Waals surface area contributed by atoms with E-state index in [1.807, 2.05) is 0 Å². The quantitative estimate of drug-likeness (QED) is 0.803. The molecule has 0 bridgehead atoms. The van der Waals surface area contributed by atoms with Crippen molar-refractivity contribution in [3.05, 3.63) is 33.8 Å². The number of nitrogens with zero attached hydrogens (tertiary/aromatic N) is 1. The molecule has 0 aliphatic heterocycles. The molecule has 0 spiro atoms. The highest BCUT2D eigenvalue weighted by molar-refractivity contribution is 6.39. The van der Waals surface area contributed by atoms with E-state index in [-0.39, 0.29) is 28.2 Å². The fourth-order valence-corrected chi connectivity index (χ4v) is 2.10. The largest absolute Gasteiger partial charge is 0.468 e. The van der Waals surface area contributed by atoms with E-state index >= 15 is 0 Å². The van der Waals surface area contributed by atoms with E-state index < -0.39 is 11.9 Å². The van der Waals surface area contributed by atoms with Gasteiger partial charge in [-0.15, -0.1) is 0 Å². The molecule has 0 radical (unpaired) electrons. The van der Waals surface area contributed by atoms with Gasteiger partial charge in [0.1, 0.15) is 6.54 Å². The van der Waals surface area contributed by atoms with Crippen LogP contribution < -0.4 is 0 Å². The fraction of sp³-hybridized carbons (Fsp3) is 0.385. The SMILES string of the molecule is COC(=O)CN(C(=O)c1c(Cl)cccc1Cl)C(C)C. The van der Waals surface area contributed by atoms with Crippen LogP contribution in [0.3, 0.4) is 0 Å². The van der Waals surface area contributed by atoms with Gasteiger partial charge >= 0.3 is 5.97 Å².